The zero-order valence-corrected chi connectivity index (χ0v) is 14.7. The molecular weight excluding hydrogens is 342 g/mol. The summed E-state index contributed by atoms with van der Waals surface area (Å²) in [6.45, 7) is 4.54. The van der Waals surface area contributed by atoms with Crippen LogP contribution in [0.2, 0.25) is 5.02 Å². The Kier molecular flexibility index (Phi) is 5.46. The van der Waals surface area contributed by atoms with Gasteiger partial charge in [0.25, 0.3) is 0 Å². The Hall–Kier alpha value is -2.24. The van der Waals surface area contributed by atoms with Crippen LogP contribution in [0.3, 0.4) is 0 Å². The molecule has 0 aromatic heterocycles. The normalized spacial score (nSPS) is 16.0. The minimum Gasteiger partial charge on any atom is -0.486 e. The van der Waals surface area contributed by atoms with Crippen LogP contribution < -0.4 is 9.47 Å². The Morgan fingerprint density at radius 3 is 2.72 bits per heavy atom. The lowest BCUT2D eigenvalue weighted by molar-refractivity contribution is 0.0579. The third-order valence-corrected chi connectivity index (χ3v) is 4.63. The fourth-order valence-electron chi connectivity index (χ4n) is 2.85. The molecule has 1 aliphatic heterocycles. The van der Waals surface area contributed by atoms with E-state index >= 15 is 0 Å². The molecule has 0 saturated carbocycles. The summed E-state index contributed by atoms with van der Waals surface area (Å²) >= 11 is 6.25. The lowest BCUT2D eigenvalue weighted by Crippen LogP contribution is -2.40. The highest BCUT2D eigenvalue weighted by Crippen LogP contribution is 2.31. The molecule has 0 spiro atoms. The van der Waals surface area contributed by atoms with E-state index in [4.69, 9.17) is 21.1 Å². The van der Waals surface area contributed by atoms with Crippen molar-refractivity contribution in [3.05, 3.63) is 58.6 Å². The van der Waals surface area contributed by atoms with Gasteiger partial charge in [-0.15, -0.1) is 0 Å². The van der Waals surface area contributed by atoms with Gasteiger partial charge in [0.1, 0.15) is 12.7 Å². The zero-order chi connectivity index (χ0) is 17.8. The maximum absolute atomic E-state index is 11.2. The molecule has 5 nitrogen and oxygen atoms in total. The fourth-order valence-corrected chi connectivity index (χ4v) is 3.12. The zero-order valence-electron chi connectivity index (χ0n) is 13.9. The highest BCUT2D eigenvalue weighted by molar-refractivity contribution is 6.34. The van der Waals surface area contributed by atoms with Crippen LogP contribution in [0, 0.1) is 0 Å². The Morgan fingerprint density at radius 1 is 1.24 bits per heavy atom. The van der Waals surface area contributed by atoms with E-state index in [9.17, 15) is 9.90 Å². The molecular formula is C19H20ClNO4. The number of likely N-dealkylation sites (N-methyl/N-ethyl adjacent to an activating group) is 1. The van der Waals surface area contributed by atoms with Crippen LogP contribution in [0.15, 0.2) is 42.5 Å². The molecule has 1 N–H and O–H groups in total. The lowest BCUT2D eigenvalue weighted by atomic mass is 10.1. The number of carboxylic acids is 1. The van der Waals surface area contributed by atoms with Crippen LogP contribution in [-0.2, 0) is 6.54 Å². The molecule has 25 heavy (non-hydrogen) atoms. The summed E-state index contributed by atoms with van der Waals surface area (Å²) in [5.74, 6) is 0.496. The molecule has 0 saturated heterocycles. The Labute approximate surface area is 151 Å². The van der Waals surface area contributed by atoms with Gasteiger partial charge in [-0.1, -0.05) is 42.8 Å². The van der Waals surface area contributed by atoms with Crippen molar-refractivity contribution in [2.24, 2.45) is 0 Å². The molecule has 3 rings (SSSR count). The molecule has 6 heteroatoms. The Morgan fingerprint density at radius 2 is 2.00 bits per heavy atom. The number of para-hydroxylation sites is 2. The summed E-state index contributed by atoms with van der Waals surface area (Å²) in [6, 6.07) is 12.7. The summed E-state index contributed by atoms with van der Waals surface area (Å²) in [6.07, 6.45) is -0.0868. The van der Waals surface area contributed by atoms with E-state index in [1.54, 1.807) is 6.07 Å². The highest BCUT2D eigenvalue weighted by atomic mass is 35.5. The van der Waals surface area contributed by atoms with Crippen molar-refractivity contribution in [1.82, 2.24) is 4.90 Å². The average molecular weight is 362 g/mol. The second kappa shape index (κ2) is 7.76. The summed E-state index contributed by atoms with van der Waals surface area (Å²) in [5.41, 5.74) is 0.918. The van der Waals surface area contributed by atoms with E-state index in [-0.39, 0.29) is 11.7 Å². The van der Waals surface area contributed by atoms with Gasteiger partial charge in [0.05, 0.1) is 10.6 Å². The fraction of sp³-hybridized carbons (Fsp3) is 0.316. The number of hydrogen-bond acceptors (Lipinski definition) is 4. The van der Waals surface area contributed by atoms with Crippen molar-refractivity contribution >= 4 is 17.6 Å². The number of hydrogen-bond donors (Lipinski definition) is 1. The first-order valence-electron chi connectivity index (χ1n) is 8.20. The van der Waals surface area contributed by atoms with Gasteiger partial charge in [-0.3, -0.25) is 4.90 Å². The summed E-state index contributed by atoms with van der Waals surface area (Å²) in [5, 5.41) is 9.49. The van der Waals surface area contributed by atoms with Crippen LogP contribution >= 0.6 is 11.6 Å². The number of fused-ring (bicyclic) bond motifs is 1. The van der Waals surface area contributed by atoms with Crippen molar-refractivity contribution in [2.75, 3.05) is 19.7 Å². The largest absolute Gasteiger partial charge is 0.486 e. The van der Waals surface area contributed by atoms with Crippen molar-refractivity contribution < 1.29 is 19.4 Å². The van der Waals surface area contributed by atoms with Gasteiger partial charge in [-0.25, -0.2) is 4.79 Å². The first-order chi connectivity index (χ1) is 12.1. The summed E-state index contributed by atoms with van der Waals surface area (Å²) in [4.78, 5) is 13.4. The van der Waals surface area contributed by atoms with Crippen LogP contribution in [0.4, 0.5) is 0 Å². The van der Waals surface area contributed by atoms with Gasteiger partial charge in [-0.05, 0) is 30.3 Å². The van der Waals surface area contributed by atoms with E-state index in [1.165, 1.54) is 6.07 Å². The maximum atomic E-state index is 11.2. The third-order valence-electron chi connectivity index (χ3n) is 4.18. The number of halogens is 1. The quantitative estimate of drug-likeness (QED) is 0.850. The number of carboxylic acid groups (broad SMARTS) is 1. The standard InChI is InChI=1S/C19H20ClNO4/c1-2-21(10-13-6-5-7-15(18(13)20)19(22)23)11-14-12-24-16-8-3-4-9-17(16)25-14/h3-9,14H,2,10-12H2,1H3,(H,22,23). The van der Waals surface area contributed by atoms with E-state index < -0.39 is 5.97 Å². The first-order valence-corrected chi connectivity index (χ1v) is 8.57. The van der Waals surface area contributed by atoms with Gasteiger partial charge < -0.3 is 14.6 Å². The van der Waals surface area contributed by atoms with E-state index in [2.05, 4.69) is 4.90 Å². The molecule has 1 atom stereocenters. The second-order valence-electron chi connectivity index (χ2n) is 5.91. The lowest BCUT2D eigenvalue weighted by Gasteiger charge is -2.31. The van der Waals surface area contributed by atoms with Gasteiger partial charge in [0.15, 0.2) is 11.5 Å². The molecule has 0 bridgehead atoms. The smallest absolute Gasteiger partial charge is 0.337 e. The minimum absolute atomic E-state index is 0.0868. The number of carbonyl (C=O) groups is 1. The third kappa shape index (κ3) is 4.06. The van der Waals surface area contributed by atoms with Crippen LogP contribution in [0.25, 0.3) is 0 Å². The van der Waals surface area contributed by atoms with Crippen LogP contribution in [0.1, 0.15) is 22.8 Å². The van der Waals surface area contributed by atoms with Gasteiger partial charge in [0, 0.05) is 13.1 Å². The van der Waals surface area contributed by atoms with Gasteiger partial charge in [0.2, 0.25) is 0 Å². The van der Waals surface area contributed by atoms with E-state index in [1.807, 2.05) is 37.3 Å². The maximum Gasteiger partial charge on any atom is 0.337 e. The minimum atomic E-state index is -1.02. The molecule has 2 aromatic carbocycles. The number of aromatic carboxylic acids is 1. The predicted octanol–water partition coefficient (Wildman–Crippen LogP) is 3.70. The van der Waals surface area contributed by atoms with Crippen molar-refractivity contribution in [3.8, 4) is 11.5 Å². The SMILES string of the molecule is CCN(Cc1cccc(C(=O)O)c1Cl)CC1COc2ccccc2O1. The molecule has 0 radical (unpaired) electrons. The van der Waals surface area contributed by atoms with Gasteiger partial charge >= 0.3 is 5.97 Å². The van der Waals surface area contributed by atoms with Crippen molar-refractivity contribution in [1.29, 1.82) is 0 Å². The van der Waals surface area contributed by atoms with Crippen LogP contribution in [0.5, 0.6) is 11.5 Å². The van der Waals surface area contributed by atoms with Crippen LogP contribution in [-0.4, -0.2) is 41.8 Å². The molecule has 1 aliphatic rings. The average Bonchev–Trinajstić information content (AvgIpc) is 2.62. The molecule has 0 fully saturated rings. The summed E-state index contributed by atoms with van der Waals surface area (Å²) in [7, 11) is 0. The van der Waals surface area contributed by atoms with Crippen molar-refractivity contribution in [3.63, 3.8) is 0 Å². The molecule has 1 unspecified atom stereocenters. The number of rotatable bonds is 6. The van der Waals surface area contributed by atoms with E-state index in [0.29, 0.717) is 24.7 Å². The molecule has 0 aliphatic carbocycles. The second-order valence-corrected chi connectivity index (χ2v) is 6.29. The first kappa shape index (κ1) is 17.6. The topological polar surface area (TPSA) is 59.0 Å². The number of ether oxygens (including phenoxy) is 2. The molecule has 0 amide bonds. The Balaban J connectivity index is 1.68. The summed E-state index contributed by atoms with van der Waals surface area (Å²) < 4.78 is 11.8. The van der Waals surface area contributed by atoms with Gasteiger partial charge in [-0.2, -0.15) is 0 Å². The van der Waals surface area contributed by atoms with E-state index in [0.717, 1.165) is 23.6 Å². The molecule has 2 aromatic rings. The number of benzene rings is 2. The molecule has 1 heterocycles. The van der Waals surface area contributed by atoms with Crippen molar-refractivity contribution in [2.45, 2.75) is 19.6 Å². The Bertz CT molecular complexity index is 765. The number of nitrogens with zero attached hydrogens (tertiary/aromatic N) is 1. The monoisotopic (exact) mass is 361 g/mol. The molecule has 132 valence electrons. The highest BCUT2D eigenvalue weighted by Gasteiger charge is 2.23. The predicted molar refractivity (Wildman–Crippen MR) is 95.7 cm³/mol.